The average Bonchev–Trinajstić information content (AvgIpc) is 3.52. The van der Waals surface area contributed by atoms with Crippen molar-refractivity contribution < 1.29 is 0 Å². The van der Waals surface area contributed by atoms with Crippen molar-refractivity contribution in [2.45, 2.75) is 0 Å². The largest absolute Gasteiger partial charge is 0.309 e. The summed E-state index contributed by atoms with van der Waals surface area (Å²) in [5.41, 5.74) is 15.2. The molecule has 246 valence electrons. The molecule has 0 fully saturated rings. The lowest BCUT2D eigenvalue weighted by Crippen LogP contribution is -2.01. The van der Waals surface area contributed by atoms with Crippen molar-refractivity contribution in [3.63, 3.8) is 0 Å². The monoisotopic (exact) mass is 674 g/mol. The van der Waals surface area contributed by atoms with Gasteiger partial charge in [0.15, 0.2) is 5.82 Å². The van der Waals surface area contributed by atoms with E-state index in [9.17, 15) is 0 Å². The zero-order valence-electron chi connectivity index (χ0n) is 28.6. The van der Waals surface area contributed by atoms with Gasteiger partial charge in [0.25, 0.3) is 0 Å². The van der Waals surface area contributed by atoms with Crippen LogP contribution >= 0.6 is 0 Å². The maximum absolute atomic E-state index is 5.21. The average molecular weight is 675 g/mol. The molecule has 0 saturated heterocycles. The summed E-state index contributed by atoms with van der Waals surface area (Å²) in [5, 5.41) is 14.6. The van der Waals surface area contributed by atoms with Gasteiger partial charge < -0.3 is 4.57 Å². The lowest BCUT2D eigenvalue weighted by molar-refractivity contribution is 0.991. The SMILES string of the molecule is c1ccc(-c2cc3c4c5c(cccc5n(-c5cccc(-c6nnc(-c7ccccc7)c(-c7ccccc7)n6)c5)c4c2)-c2cccc4cccc-3c24)cc1. The topological polar surface area (TPSA) is 43.6 Å². The molecule has 53 heavy (non-hydrogen) atoms. The maximum atomic E-state index is 5.21. The molecule has 0 aliphatic heterocycles. The summed E-state index contributed by atoms with van der Waals surface area (Å²) in [4.78, 5) is 5.21. The second-order valence-corrected chi connectivity index (χ2v) is 13.6. The normalized spacial score (nSPS) is 11.8. The van der Waals surface area contributed by atoms with Crippen LogP contribution in [0.25, 0.3) is 106 Å². The van der Waals surface area contributed by atoms with E-state index < -0.39 is 0 Å². The van der Waals surface area contributed by atoms with E-state index in [4.69, 9.17) is 15.2 Å². The van der Waals surface area contributed by atoms with Gasteiger partial charge in [0.2, 0.25) is 0 Å². The quantitative estimate of drug-likeness (QED) is 0.182. The van der Waals surface area contributed by atoms with Crippen LogP contribution in [0.4, 0.5) is 0 Å². The van der Waals surface area contributed by atoms with Gasteiger partial charge in [-0.1, -0.05) is 152 Å². The summed E-state index contributed by atoms with van der Waals surface area (Å²) >= 11 is 0. The van der Waals surface area contributed by atoms with Gasteiger partial charge in [-0.2, -0.15) is 0 Å². The molecule has 0 spiro atoms. The molecule has 0 N–H and O–H groups in total. The Bertz CT molecular complexity index is 3030. The Morgan fingerprint density at radius 2 is 0.906 bits per heavy atom. The number of nitrogens with zero attached hydrogens (tertiary/aromatic N) is 4. The van der Waals surface area contributed by atoms with Gasteiger partial charge in [0.1, 0.15) is 11.4 Å². The first kappa shape index (κ1) is 29.5. The third-order valence-corrected chi connectivity index (χ3v) is 10.6. The van der Waals surface area contributed by atoms with Gasteiger partial charge in [-0.15, -0.1) is 10.2 Å². The van der Waals surface area contributed by atoms with E-state index in [-0.39, 0.29) is 0 Å². The van der Waals surface area contributed by atoms with E-state index in [1.165, 1.54) is 54.9 Å². The van der Waals surface area contributed by atoms with E-state index in [1.54, 1.807) is 0 Å². The highest BCUT2D eigenvalue weighted by atomic mass is 15.2. The van der Waals surface area contributed by atoms with Gasteiger partial charge >= 0.3 is 0 Å². The first-order valence-electron chi connectivity index (χ1n) is 18.0. The summed E-state index contributed by atoms with van der Waals surface area (Å²) in [7, 11) is 0. The van der Waals surface area contributed by atoms with Crippen LogP contribution in [-0.4, -0.2) is 19.7 Å². The molecule has 11 rings (SSSR count). The highest BCUT2D eigenvalue weighted by molar-refractivity contribution is 6.27. The zero-order valence-corrected chi connectivity index (χ0v) is 28.6. The molecule has 0 radical (unpaired) electrons. The Morgan fingerprint density at radius 3 is 1.62 bits per heavy atom. The lowest BCUT2D eigenvalue weighted by atomic mass is 9.92. The molecular formula is C49H30N4. The number of rotatable bonds is 5. The predicted molar refractivity (Wildman–Crippen MR) is 218 cm³/mol. The Balaban J connectivity index is 1.18. The van der Waals surface area contributed by atoms with Crippen molar-refractivity contribution in [1.29, 1.82) is 0 Å². The fourth-order valence-corrected chi connectivity index (χ4v) is 8.31. The molecule has 2 aromatic heterocycles. The highest BCUT2D eigenvalue weighted by Crippen LogP contribution is 2.50. The van der Waals surface area contributed by atoms with Crippen LogP contribution in [0.3, 0.4) is 0 Å². The summed E-state index contributed by atoms with van der Waals surface area (Å²) in [6.45, 7) is 0. The van der Waals surface area contributed by atoms with Crippen molar-refractivity contribution in [2.75, 3.05) is 0 Å². The molecule has 1 aliphatic rings. The molecule has 1 aliphatic carbocycles. The van der Waals surface area contributed by atoms with Gasteiger partial charge in [0.05, 0.1) is 11.0 Å². The van der Waals surface area contributed by atoms with Crippen LogP contribution in [0.1, 0.15) is 0 Å². The summed E-state index contributed by atoms with van der Waals surface area (Å²) < 4.78 is 2.42. The molecule has 0 amide bonds. The number of benzene rings is 8. The zero-order chi connectivity index (χ0) is 34.9. The van der Waals surface area contributed by atoms with Gasteiger partial charge in [0, 0.05) is 33.2 Å². The molecule has 0 atom stereocenters. The molecule has 4 nitrogen and oxygen atoms in total. The van der Waals surface area contributed by atoms with E-state index in [2.05, 4.69) is 150 Å². The van der Waals surface area contributed by atoms with Crippen LogP contribution in [0, 0.1) is 0 Å². The van der Waals surface area contributed by atoms with Crippen LogP contribution in [0.2, 0.25) is 0 Å². The molecule has 0 saturated carbocycles. The fraction of sp³-hybridized carbons (Fsp3) is 0. The van der Waals surface area contributed by atoms with Crippen molar-refractivity contribution in [3.05, 3.63) is 182 Å². The van der Waals surface area contributed by atoms with E-state index >= 15 is 0 Å². The number of hydrogen-bond acceptors (Lipinski definition) is 3. The van der Waals surface area contributed by atoms with Crippen molar-refractivity contribution >= 4 is 32.6 Å². The number of aromatic nitrogens is 4. The number of hydrogen-bond donors (Lipinski definition) is 0. The van der Waals surface area contributed by atoms with Crippen LogP contribution in [0.15, 0.2) is 182 Å². The number of fused-ring (bicyclic) bond motifs is 2. The molecule has 0 bridgehead atoms. The highest BCUT2D eigenvalue weighted by Gasteiger charge is 2.26. The van der Waals surface area contributed by atoms with E-state index in [0.717, 1.165) is 44.8 Å². The Labute approximate surface area is 306 Å². The summed E-state index contributed by atoms with van der Waals surface area (Å²) in [6, 6.07) is 64.6. The minimum atomic E-state index is 0.583. The van der Waals surface area contributed by atoms with Crippen molar-refractivity contribution in [3.8, 4) is 73.0 Å². The second kappa shape index (κ2) is 11.7. The molecule has 10 aromatic rings. The van der Waals surface area contributed by atoms with Crippen molar-refractivity contribution in [2.24, 2.45) is 0 Å². The van der Waals surface area contributed by atoms with Gasteiger partial charge in [-0.3, -0.25) is 0 Å². The van der Waals surface area contributed by atoms with Crippen LogP contribution in [-0.2, 0) is 0 Å². The minimum absolute atomic E-state index is 0.583. The maximum Gasteiger partial charge on any atom is 0.182 e. The third-order valence-electron chi connectivity index (χ3n) is 10.6. The van der Waals surface area contributed by atoms with E-state index in [0.29, 0.717) is 5.82 Å². The summed E-state index contributed by atoms with van der Waals surface area (Å²) in [5.74, 6) is 0.583. The first-order chi connectivity index (χ1) is 26.3. The van der Waals surface area contributed by atoms with Crippen LogP contribution in [0.5, 0.6) is 0 Å². The Hall–Kier alpha value is -7.17. The molecule has 4 heteroatoms. The van der Waals surface area contributed by atoms with Gasteiger partial charge in [-0.05, 0) is 74.5 Å². The first-order valence-corrected chi connectivity index (χ1v) is 18.0. The molecule has 8 aromatic carbocycles. The molecule has 0 unspecified atom stereocenters. The molecular weight excluding hydrogens is 645 g/mol. The Kier molecular flexibility index (Phi) is 6.52. The van der Waals surface area contributed by atoms with Crippen LogP contribution < -0.4 is 0 Å². The minimum Gasteiger partial charge on any atom is -0.309 e. The Morgan fingerprint density at radius 1 is 0.340 bits per heavy atom. The third kappa shape index (κ3) is 4.59. The van der Waals surface area contributed by atoms with Gasteiger partial charge in [-0.25, -0.2) is 4.98 Å². The van der Waals surface area contributed by atoms with E-state index in [1.807, 2.05) is 36.4 Å². The lowest BCUT2D eigenvalue weighted by Gasteiger charge is -2.15. The summed E-state index contributed by atoms with van der Waals surface area (Å²) in [6.07, 6.45) is 0. The molecule has 2 heterocycles. The fourth-order valence-electron chi connectivity index (χ4n) is 8.31. The van der Waals surface area contributed by atoms with Crippen molar-refractivity contribution in [1.82, 2.24) is 19.7 Å². The smallest absolute Gasteiger partial charge is 0.182 e. The standard InChI is InChI=1S/C49H30N4/c1-4-14-31(15-5-1)36-29-41-40-25-12-21-32-20-11-24-38(44(32)40)39-26-13-27-42-45(39)46(41)43(30-36)53(42)37-23-10-22-35(28-37)49-50-47(33-16-6-2-7-17-33)48(51-52-49)34-18-8-3-9-19-34/h1-30H. The second-order valence-electron chi connectivity index (χ2n) is 13.6. The predicted octanol–water partition coefficient (Wildman–Crippen LogP) is 12.4.